The average molecular weight is 487 g/mol. The maximum absolute atomic E-state index is 14.3. The van der Waals surface area contributed by atoms with Crippen LogP contribution in [0.15, 0.2) is 34.8 Å². The topological polar surface area (TPSA) is 12.0 Å². The van der Waals surface area contributed by atoms with Gasteiger partial charge in [0, 0.05) is 9.13 Å². The number of halogens is 5. The summed E-state index contributed by atoms with van der Waals surface area (Å²) in [6, 6.07) is 7.40. The highest BCUT2D eigenvalue weighted by molar-refractivity contribution is 14.1. The molecule has 2 rings (SSSR count). The molecule has 0 heterocycles. The second kappa shape index (κ2) is 7.35. The van der Waals surface area contributed by atoms with Crippen molar-refractivity contribution < 1.29 is 8.78 Å². The molecular formula is C15H12BrClF2IN. The van der Waals surface area contributed by atoms with Crippen LogP contribution in [-0.4, -0.2) is 6.54 Å². The van der Waals surface area contributed by atoms with E-state index < -0.39 is 17.7 Å². The molecule has 1 N–H and O–H groups in total. The molecule has 0 aliphatic carbocycles. The average Bonchev–Trinajstić information content (AvgIpc) is 2.45. The van der Waals surface area contributed by atoms with Gasteiger partial charge in [0.25, 0.3) is 0 Å². The Morgan fingerprint density at radius 3 is 2.62 bits per heavy atom. The molecule has 112 valence electrons. The molecule has 0 saturated heterocycles. The van der Waals surface area contributed by atoms with Crippen LogP contribution in [0.3, 0.4) is 0 Å². The highest BCUT2D eigenvalue weighted by Gasteiger charge is 2.23. The van der Waals surface area contributed by atoms with Gasteiger partial charge in [-0.2, -0.15) is 0 Å². The van der Waals surface area contributed by atoms with Crippen molar-refractivity contribution in [2.75, 3.05) is 6.54 Å². The maximum Gasteiger partial charge on any atom is 0.145 e. The summed E-state index contributed by atoms with van der Waals surface area (Å²) in [7, 11) is 0. The van der Waals surface area contributed by atoms with Crippen LogP contribution in [0, 0.1) is 15.2 Å². The Morgan fingerprint density at radius 2 is 2.00 bits per heavy atom. The summed E-state index contributed by atoms with van der Waals surface area (Å²) in [6.45, 7) is 2.45. The molecule has 0 bridgehead atoms. The van der Waals surface area contributed by atoms with Crippen molar-refractivity contribution in [3.8, 4) is 0 Å². The quantitative estimate of drug-likeness (QED) is 0.433. The fourth-order valence-electron chi connectivity index (χ4n) is 2.09. The van der Waals surface area contributed by atoms with Crippen molar-refractivity contribution in [1.82, 2.24) is 5.32 Å². The summed E-state index contributed by atoms with van der Waals surface area (Å²) in [5, 5.41) is 3.67. The Hall–Kier alpha value is -0.240. The molecule has 0 fully saturated rings. The van der Waals surface area contributed by atoms with Gasteiger partial charge >= 0.3 is 0 Å². The highest BCUT2D eigenvalue weighted by Crippen LogP contribution is 2.32. The predicted octanol–water partition coefficient (Wildman–Crippen LogP) is 5.68. The molecule has 0 spiro atoms. The minimum absolute atomic E-state index is 0.0106. The van der Waals surface area contributed by atoms with E-state index in [2.05, 4.69) is 43.8 Å². The first kappa shape index (κ1) is 17.1. The number of rotatable bonds is 4. The molecule has 0 aromatic heterocycles. The summed E-state index contributed by atoms with van der Waals surface area (Å²) in [5.74, 6) is -1.19. The zero-order valence-corrected chi connectivity index (χ0v) is 15.6. The molecule has 1 nitrogen and oxygen atoms in total. The van der Waals surface area contributed by atoms with Gasteiger partial charge in [0.15, 0.2) is 0 Å². The van der Waals surface area contributed by atoms with E-state index in [-0.39, 0.29) is 10.0 Å². The second-order valence-electron chi connectivity index (χ2n) is 4.42. The molecule has 2 aromatic carbocycles. The summed E-state index contributed by atoms with van der Waals surface area (Å²) in [5.41, 5.74) is 0.710. The molecule has 2 aromatic rings. The van der Waals surface area contributed by atoms with E-state index in [0.717, 1.165) is 9.13 Å². The van der Waals surface area contributed by atoms with E-state index in [1.54, 1.807) is 6.07 Å². The van der Waals surface area contributed by atoms with E-state index in [0.29, 0.717) is 11.6 Å². The van der Waals surface area contributed by atoms with Crippen LogP contribution in [-0.2, 0) is 0 Å². The number of hydrogen-bond acceptors (Lipinski definition) is 1. The molecule has 0 aliphatic heterocycles. The first-order valence-electron chi connectivity index (χ1n) is 6.27. The van der Waals surface area contributed by atoms with Crippen LogP contribution < -0.4 is 5.32 Å². The van der Waals surface area contributed by atoms with Crippen molar-refractivity contribution in [3.63, 3.8) is 0 Å². The van der Waals surface area contributed by atoms with Crippen LogP contribution in [0.4, 0.5) is 8.78 Å². The number of hydrogen-bond donors (Lipinski definition) is 1. The Bertz CT molecular complexity index is 666. The third-order valence-corrected chi connectivity index (χ3v) is 5.24. The van der Waals surface area contributed by atoms with Gasteiger partial charge in [-0.25, -0.2) is 8.78 Å². The lowest BCUT2D eigenvalue weighted by Crippen LogP contribution is -2.24. The van der Waals surface area contributed by atoms with E-state index in [9.17, 15) is 8.78 Å². The molecule has 0 aliphatic rings. The Labute approximate surface area is 149 Å². The van der Waals surface area contributed by atoms with E-state index in [4.69, 9.17) is 11.6 Å². The second-order valence-corrected chi connectivity index (χ2v) is 6.84. The molecule has 1 unspecified atom stereocenters. The van der Waals surface area contributed by atoms with E-state index in [1.165, 1.54) is 12.1 Å². The minimum atomic E-state index is -0.601. The zero-order valence-electron chi connectivity index (χ0n) is 11.1. The van der Waals surface area contributed by atoms with Crippen molar-refractivity contribution in [2.24, 2.45) is 0 Å². The van der Waals surface area contributed by atoms with Gasteiger partial charge < -0.3 is 5.32 Å². The standard InChI is InChI=1S/C15H12BrClF2IN/c1-2-21-15(8-3-6-12(20)10(17)7-8)13-11(18)5-4-9(16)14(13)19/h3-7,15,21H,2H2,1H3. The third kappa shape index (κ3) is 3.75. The number of nitrogens with one attached hydrogen (secondary N) is 1. The smallest absolute Gasteiger partial charge is 0.145 e. The lowest BCUT2D eigenvalue weighted by atomic mass is 9.97. The lowest BCUT2D eigenvalue weighted by molar-refractivity contribution is 0.507. The van der Waals surface area contributed by atoms with E-state index in [1.807, 2.05) is 19.1 Å². The Balaban J connectivity index is 2.58. The Morgan fingerprint density at radius 1 is 1.29 bits per heavy atom. The molecule has 6 heteroatoms. The van der Waals surface area contributed by atoms with Gasteiger partial charge in [0.2, 0.25) is 0 Å². The SMILES string of the molecule is CCNC(c1ccc(I)c(Cl)c1)c1c(F)ccc(Br)c1F. The highest BCUT2D eigenvalue weighted by atomic mass is 127. The summed E-state index contributed by atoms with van der Waals surface area (Å²) >= 11 is 11.3. The zero-order chi connectivity index (χ0) is 15.6. The van der Waals surface area contributed by atoms with Gasteiger partial charge in [-0.05, 0) is 74.9 Å². The fourth-order valence-corrected chi connectivity index (χ4v) is 2.96. The first-order chi connectivity index (χ1) is 9.95. The summed E-state index contributed by atoms with van der Waals surface area (Å²) < 4.78 is 29.6. The minimum Gasteiger partial charge on any atom is -0.306 e. The molecule has 0 saturated carbocycles. The van der Waals surface area contributed by atoms with Gasteiger partial charge in [-0.15, -0.1) is 0 Å². The number of benzene rings is 2. The molecular weight excluding hydrogens is 474 g/mol. The lowest BCUT2D eigenvalue weighted by Gasteiger charge is -2.21. The van der Waals surface area contributed by atoms with Crippen LogP contribution in [0.1, 0.15) is 24.1 Å². The summed E-state index contributed by atoms with van der Waals surface area (Å²) in [4.78, 5) is 0. The fraction of sp³-hybridized carbons (Fsp3) is 0.200. The van der Waals surface area contributed by atoms with Gasteiger partial charge in [0.1, 0.15) is 11.6 Å². The van der Waals surface area contributed by atoms with Crippen molar-refractivity contribution in [2.45, 2.75) is 13.0 Å². The van der Waals surface area contributed by atoms with Gasteiger partial charge in [-0.1, -0.05) is 24.6 Å². The summed E-state index contributed by atoms with van der Waals surface area (Å²) in [6.07, 6.45) is 0. The van der Waals surface area contributed by atoms with Gasteiger partial charge in [-0.3, -0.25) is 0 Å². The van der Waals surface area contributed by atoms with Gasteiger partial charge in [0.05, 0.1) is 15.5 Å². The largest absolute Gasteiger partial charge is 0.306 e. The van der Waals surface area contributed by atoms with Crippen molar-refractivity contribution in [1.29, 1.82) is 0 Å². The molecule has 0 amide bonds. The van der Waals surface area contributed by atoms with E-state index >= 15 is 0 Å². The van der Waals surface area contributed by atoms with Crippen LogP contribution >= 0.6 is 50.1 Å². The first-order valence-corrected chi connectivity index (χ1v) is 8.52. The normalized spacial score (nSPS) is 12.5. The molecule has 1 atom stereocenters. The predicted molar refractivity (Wildman–Crippen MR) is 93.7 cm³/mol. The van der Waals surface area contributed by atoms with Crippen molar-refractivity contribution in [3.05, 3.63) is 66.2 Å². The molecule has 0 radical (unpaired) electrons. The van der Waals surface area contributed by atoms with Crippen molar-refractivity contribution >= 4 is 50.1 Å². The third-order valence-electron chi connectivity index (χ3n) is 3.05. The van der Waals surface area contributed by atoms with Crippen LogP contribution in [0.25, 0.3) is 0 Å². The maximum atomic E-state index is 14.3. The molecule has 21 heavy (non-hydrogen) atoms. The monoisotopic (exact) mass is 485 g/mol. The Kier molecular flexibility index (Phi) is 5.99. The van der Waals surface area contributed by atoms with Crippen LogP contribution in [0.2, 0.25) is 5.02 Å². The van der Waals surface area contributed by atoms with Crippen LogP contribution in [0.5, 0.6) is 0 Å².